The summed E-state index contributed by atoms with van der Waals surface area (Å²) in [7, 11) is 0. The Morgan fingerprint density at radius 1 is 1.23 bits per heavy atom. The average Bonchev–Trinajstić information content (AvgIpc) is 3.14. The third-order valence-corrected chi connectivity index (χ3v) is 5.19. The van der Waals surface area contributed by atoms with Crippen LogP contribution in [0.3, 0.4) is 0 Å². The van der Waals surface area contributed by atoms with Gasteiger partial charge < -0.3 is 20.1 Å². The zero-order chi connectivity index (χ0) is 18.1. The van der Waals surface area contributed by atoms with Gasteiger partial charge >= 0.3 is 0 Å². The molecular weight excluding hydrogens is 328 g/mol. The number of anilines is 2. The number of benzene rings is 1. The molecule has 1 atom stereocenters. The van der Waals surface area contributed by atoms with Crippen molar-refractivity contribution in [2.24, 2.45) is 0 Å². The highest BCUT2D eigenvalue weighted by molar-refractivity contribution is 5.47. The summed E-state index contributed by atoms with van der Waals surface area (Å²) in [6.45, 7) is 7.67. The van der Waals surface area contributed by atoms with Gasteiger partial charge in [-0.15, -0.1) is 0 Å². The van der Waals surface area contributed by atoms with Crippen LogP contribution in [-0.2, 0) is 11.3 Å². The first-order valence-corrected chi connectivity index (χ1v) is 9.28. The van der Waals surface area contributed by atoms with Crippen molar-refractivity contribution >= 4 is 11.8 Å². The number of aromatic nitrogens is 2. The summed E-state index contributed by atoms with van der Waals surface area (Å²) < 4.78 is 5.53. The number of aliphatic hydroxyl groups excluding tert-OH is 1. The summed E-state index contributed by atoms with van der Waals surface area (Å²) in [5.41, 5.74) is 4.83. The van der Waals surface area contributed by atoms with Crippen molar-refractivity contribution in [3.05, 3.63) is 46.6 Å². The smallest absolute Gasteiger partial charge is 0.227 e. The molecule has 2 aliphatic rings. The van der Waals surface area contributed by atoms with Gasteiger partial charge in [0.1, 0.15) is 5.82 Å². The highest BCUT2D eigenvalue weighted by atomic mass is 16.5. The Hall–Kier alpha value is -2.18. The number of β-amino-alcohol motifs (C(OH)–C–C–N with tert-alkyl or cyclic N) is 1. The second kappa shape index (κ2) is 7.21. The number of nitrogens with one attached hydrogen (secondary N) is 1. The second-order valence-electron chi connectivity index (χ2n) is 7.38. The minimum atomic E-state index is -0.275. The molecule has 0 saturated carbocycles. The van der Waals surface area contributed by atoms with Crippen LogP contribution in [0.25, 0.3) is 0 Å². The zero-order valence-electron chi connectivity index (χ0n) is 15.4. The molecule has 0 spiro atoms. The molecule has 0 bridgehead atoms. The Kier molecular flexibility index (Phi) is 4.78. The molecule has 0 aliphatic carbocycles. The zero-order valence-corrected chi connectivity index (χ0v) is 15.4. The van der Waals surface area contributed by atoms with Gasteiger partial charge in [-0.1, -0.05) is 23.8 Å². The average molecular weight is 354 g/mol. The molecule has 2 aliphatic heterocycles. The number of nitrogens with zero attached hydrogens (tertiary/aromatic N) is 3. The summed E-state index contributed by atoms with van der Waals surface area (Å²) in [6, 6.07) is 8.54. The fourth-order valence-corrected chi connectivity index (χ4v) is 3.46. The quantitative estimate of drug-likeness (QED) is 0.859. The first-order chi connectivity index (χ1) is 12.6. The molecule has 0 unspecified atom stereocenters. The maximum absolute atomic E-state index is 9.61. The lowest BCUT2D eigenvalue weighted by Crippen LogP contribution is -2.51. The van der Waals surface area contributed by atoms with E-state index >= 15 is 0 Å². The largest absolute Gasteiger partial charge is 0.389 e. The highest BCUT2D eigenvalue weighted by Crippen LogP contribution is 2.28. The first-order valence-electron chi connectivity index (χ1n) is 9.28. The van der Waals surface area contributed by atoms with Crippen molar-refractivity contribution in [1.29, 1.82) is 0 Å². The molecule has 3 heterocycles. The minimum absolute atomic E-state index is 0.275. The predicted molar refractivity (Wildman–Crippen MR) is 102 cm³/mol. The van der Waals surface area contributed by atoms with E-state index in [2.05, 4.69) is 42.3 Å². The van der Waals surface area contributed by atoms with Crippen LogP contribution in [0.2, 0.25) is 0 Å². The summed E-state index contributed by atoms with van der Waals surface area (Å²) in [4.78, 5) is 11.4. The third-order valence-electron chi connectivity index (χ3n) is 5.19. The molecule has 0 radical (unpaired) electrons. The predicted octanol–water partition coefficient (Wildman–Crippen LogP) is 2.39. The molecule has 2 N–H and O–H groups in total. The van der Waals surface area contributed by atoms with E-state index in [0.717, 1.165) is 37.7 Å². The molecule has 26 heavy (non-hydrogen) atoms. The Labute approximate surface area is 154 Å². The molecule has 1 aromatic heterocycles. The van der Waals surface area contributed by atoms with Crippen molar-refractivity contribution in [3.63, 3.8) is 0 Å². The Bertz CT molecular complexity index is 783. The van der Waals surface area contributed by atoms with Crippen LogP contribution in [0, 0.1) is 13.8 Å². The number of rotatable bonds is 5. The molecular formula is C20H26N4O2. The number of ether oxygens (including phenoxy) is 1. The first kappa shape index (κ1) is 17.2. The van der Waals surface area contributed by atoms with Gasteiger partial charge in [0.2, 0.25) is 5.95 Å². The van der Waals surface area contributed by atoms with Gasteiger partial charge in [-0.05, 0) is 31.4 Å². The van der Waals surface area contributed by atoms with Crippen LogP contribution in [0.15, 0.2) is 24.3 Å². The fraction of sp³-hybridized carbons (Fsp3) is 0.500. The van der Waals surface area contributed by atoms with Gasteiger partial charge in [-0.2, -0.15) is 4.98 Å². The summed E-state index contributed by atoms with van der Waals surface area (Å²) in [5, 5.41) is 13.1. The van der Waals surface area contributed by atoms with Crippen molar-refractivity contribution in [2.45, 2.75) is 38.8 Å². The lowest BCUT2D eigenvalue weighted by Gasteiger charge is -2.36. The SMILES string of the molecule is Cc1ccc(C)c(CNc2cc([C@@H]3CCOC3)nc(N3CC(O)C3)n2)c1. The van der Waals surface area contributed by atoms with E-state index in [1.54, 1.807) is 0 Å². The Balaban J connectivity index is 1.56. The van der Waals surface area contributed by atoms with E-state index in [4.69, 9.17) is 9.72 Å². The highest BCUT2D eigenvalue weighted by Gasteiger charge is 2.28. The van der Waals surface area contributed by atoms with E-state index < -0.39 is 0 Å². The van der Waals surface area contributed by atoms with Gasteiger partial charge in [0.25, 0.3) is 0 Å². The summed E-state index contributed by atoms with van der Waals surface area (Å²) >= 11 is 0. The molecule has 6 heteroatoms. The molecule has 2 aromatic rings. The van der Waals surface area contributed by atoms with Crippen molar-refractivity contribution in [1.82, 2.24) is 9.97 Å². The van der Waals surface area contributed by atoms with Crippen LogP contribution in [-0.4, -0.2) is 47.5 Å². The van der Waals surface area contributed by atoms with Gasteiger partial charge in [-0.3, -0.25) is 0 Å². The van der Waals surface area contributed by atoms with E-state index in [1.807, 2.05) is 11.0 Å². The van der Waals surface area contributed by atoms with Gasteiger partial charge in [0, 0.05) is 38.2 Å². The van der Waals surface area contributed by atoms with Crippen LogP contribution in [0.4, 0.5) is 11.8 Å². The Morgan fingerprint density at radius 3 is 2.81 bits per heavy atom. The minimum Gasteiger partial charge on any atom is -0.389 e. The maximum atomic E-state index is 9.61. The van der Waals surface area contributed by atoms with Crippen molar-refractivity contribution in [3.8, 4) is 0 Å². The van der Waals surface area contributed by atoms with Crippen LogP contribution in [0.5, 0.6) is 0 Å². The van der Waals surface area contributed by atoms with Crippen molar-refractivity contribution in [2.75, 3.05) is 36.5 Å². The second-order valence-corrected chi connectivity index (χ2v) is 7.38. The van der Waals surface area contributed by atoms with E-state index in [1.165, 1.54) is 16.7 Å². The van der Waals surface area contributed by atoms with Crippen LogP contribution < -0.4 is 10.2 Å². The van der Waals surface area contributed by atoms with E-state index in [9.17, 15) is 5.11 Å². The number of aryl methyl sites for hydroxylation is 2. The monoisotopic (exact) mass is 354 g/mol. The lowest BCUT2D eigenvalue weighted by molar-refractivity contribution is 0.140. The summed E-state index contributed by atoms with van der Waals surface area (Å²) in [6.07, 6.45) is 0.721. The normalized spacial score (nSPS) is 20.3. The summed E-state index contributed by atoms with van der Waals surface area (Å²) in [5.74, 6) is 1.85. The molecule has 2 fully saturated rings. The molecule has 4 rings (SSSR count). The standard InChI is InChI=1S/C20H26N4O2/c1-13-3-4-14(2)16(7-13)9-21-19-8-18(15-5-6-26-12-15)22-20(23-19)24-10-17(25)11-24/h3-4,7-8,15,17,25H,5-6,9-12H2,1-2H3,(H,21,22,23)/t15-/m1/s1. The van der Waals surface area contributed by atoms with E-state index in [0.29, 0.717) is 25.0 Å². The van der Waals surface area contributed by atoms with Crippen LogP contribution >= 0.6 is 0 Å². The van der Waals surface area contributed by atoms with Crippen molar-refractivity contribution < 1.29 is 9.84 Å². The molecule has 1 aromatic carbocycles. The third kappa shape index (κ3) is 3.66. The molecule has 6 nitrogen and oxygen atoms in total. The van der Waals surface area contributed by atoms with E-state index in [-0.39, 0.29) is 6.10 Å². The number of hydrogen-bond acceptors (Lipinski definition) is 6. The lowest BCUT2D eigenvalue weighted by atomic mass is 10.0. The number of aliphatic hydroxyl groups is 1. The fourth-order valence-electron chi connectivity index (χ4n) is 3.46. The molecule has 0 amide bonds. The van der Waals surface area contributed by atoms with Gasteiger partial charge in [0.05, 0.1) is 18.4 Å². The molecule has 138 valence electrons. The maximum Gasteiger partial charge on any atom is 0.227 e. The van der Waals surface area contributed by atoms with Gasteiger partial charge in [0.15, 0.2) is 0 Å². The molecule has 2 saturated heterocycles. The topological polar surface area (TPSA) is 70.5 Å². The van der Waals surface area contributed by atoms with Crippen LogP contribution in [0.1, 0.15) is 34.7 Å². The van der Waals surface area contributed by atoms with Gasteiger partial charge in [-0.25, -0.2) is 4.98 Å². The number of hydrogen-bond donors (Lipinski definition) is 2. The Morgan fingerprint density at radius 2 is 2.08 bits per heavy atom.